The zero-order chi connectivity index (χ0) is 26.1. The van der Waals surface area contributed by atoms with Crippen molar-refractivity contribution >= 4 is 62.5 Å². The van der Waals surface area contributed by atoms with Gasteiger partial charge in [0.05, 0.1) is 25.5 Å². The van der Waals surface area contributed by atoms with Gasteiger partial charge in [-0.1, -0.05) is 42.3 Å². The predicted octanol–water partition coefficient (Wildman–Crippen LogP) is 4.99. The Morgan fingerprint density at radius 2 is 1.78 bits per heavy atom. The van der Waals surface area contributed by atoms with E-state index in [1.54, 1.807) is 31.2 Å². The number of hydrogen-bond donors (Lipinski definition) is 3. The first kappa shape index (κ1) is 26.6. The van der Waals surface area contributed by atoms with Crippen molar-refractivity contribution in [2.45, 2.75) is 38.1 Å². The monoisotopic (exact) mass is 595 g/mol. The summed E-state index contributed by atoms with van der Waals surface area (Å²) in [6.45, 7) is 2.70. The van der Waals surface area contributed by atoms with Gasteiger partial charge in [0, 0.05) is 43.4 Å². The summed E-state index contributed by atoms with van der Waals surface area (Å²) in [5.41, 5.74) is -0.0642. The van der Waals surface area contributed by atoms with Crippen LogP contribution in [0.2, 0.25) is 10.0 Å². The molecule has 1 aromatic heterocycles. The second-order valence-electron chi connectivity index (χ2n) is 8.88. The first-order valence-electron chi connectivity index (χ1n) is 11.4. The topological polar surface area (TPSA) is 118 Å². The Kier molecular flexibility index (Phi) is 7.75. The summed E-state index contributed by atoms with van der Waals surface area (Å²) < 4.78 is 5.83. The summed E-state index contributed by atoms with van der Waals surface area (Å²) in [4.78, 5) is 41.7. The smallest absolute Gasteiger partial charge is 0.329 e. The molecule has 8 nitrogen and oxygen atoms in total. The molecule has 190 valence electrons. The van der Waals surface area contributed by atoms with Crippen LogP contribution >= 0.6 is 39.1 Å². The van der Waals surface area contributed by atoms with Crippen molar-refractivity contribution in [1.29, 1.82) is 0 Å². The van der Waals surface area contributed by atoms with E-state index >= 15 is 0 Å². The third-order valence-corrected chi connectivity index (χ3v) is 8.18. The number of halogens is 3. The van der Waals surface area contributed by atoms with Crippen LogP contribution < -0.4 is 10.6 Å². The molecule has 2 aliphatic rings. The van der Waals surface area contributed by atoms with Crippen LogP contribution in [-0.4, -0.2) is 46.5 Å². The Morgan fingerprint density at radius 3 is 2.33 bits per heavy atom. The van der Waals surface area contributed by atoms with Crippen LogP contribution in [0, 0.1) is 5.41 Å². The van der Waals surface area contributed by atoms with Gasteiger partial charge in [-0.25, -0.2) is 4.79 Å². The Balaban J connectivity index is 1.53. The summed E-state index contributed by atoms with van der Waals surface area (Å²) in [6.07, 6.45) is 4.15. The molecule has 1 fully saturated rings. The number of allylic oxidation sites excluding steroid dienone is 2. The summed E-state index contributed by atoms with van der Waals surface area (Å²) in [6, 6.07) is 6.86. The van der Waals surface area contributed by atoms with E-state index in [2.05, 4.69) is 31.5 Å². The highest BCUT2D eigenvalue weighted by atomic mass is 79.9. The number of Topliss-reactive ketones (excluding diaryl/α,β-unsaturated/α-hetero) is 1. The van der Waals surface area contributed by atoms with Gasteiger partial charge in [-0.2, -0.15) is 0 Å². The molecule has 4 rings (SSSR count). The van der Waals surface area contributed by atoms with Crippen LogP contribution in [-0.2, 0) is 20.7 Å². The van der Waals surface area contributed by atoms with Crippen LogP contribution in [0.3, 0.4) is 0 Å². The van der Waals surface area contributed by atoms with Crippen LogP contribution in [0.1, 0.15) is 42.1 Å². The lowest BCUT2D eigenvalue weighted by molar-refractivity contribution is -0.146. The Hall–Kier alpha value is -2.46. The van der Waals surface area contributed by atoms with Gasteiger partial charge in [0.2, 0.25) is 0 Å². The molecule has 0 radical (unpaired) electrons. The molecular formula is C25H24BrCl2N3O5. The molecule has 1 atom stereocenters. The van der Waals surface area contributed by atoms with E-state index in [4.69, 9.17) is 27.9 Å². The average molecular weight is 597 g/mol. The van der Waals surface area contributed by atoms with Gasteiger partial charge >= 0.3 is 5.97 Å². The minimum absolute atomic E-state index is 0.0156. The number of aromatic nitrogens is 1. The Labute approximate surface area is 226 Å². The van der Waals surface area contributed by atoms with Crippen LogP contribution in [0.25, 0.3) is 0 Å². The lowest BCUT2D eigenvalue weighted by atomic mass is 9.65. The molecule has 1 aliphatic carbocycles. The number of ketones is 1. The zero-order valence-electron chi connectivity index (χ0n) is 19.4. The van der Waals surface area contributed by atoms with Crippen LogP contribution in [0.4, 0.5) is 5.69 Å². The normalized spacial score (nSPS) is 18.4. The number of hydrogen-bond acceptors (Lipinski definition) is 6. The third-order valence-electron chi connectivity index (χ3n) is 6.85. The number of nitrogens with one attached hydrogen (secondary N) is 2. The van der Waals surface area contributed by atoms with Crippen molar-refractivity contribution < 1.29 is 24.2 Å². The van der Waals surface area contributed by atoms with Gasteiger partial charge in [-0.05, 0) is 52.9 Å². The fourth-order valence-corrected chi connectivity index (χ4v) is 6.00. The molecule has 0 saturated carbocycles. The second-order valence-corrected chi connectivity index (χ2v) is 10.5. The minimum Gasteiger partial charge on any atom is -0.479 e. The van der Waals surface area contributed by atoms with E-state index in [1.165, 1.54) is 12.4 Å². The molecule has 0 bridgehead atoms. The van der Waals surface area contributed by atoms with Crippen molar-refractivity contribution in [3.63, 3.8) is 0 Å². The zero-order valence-corrected chi connectivity index (χ0v) is 22.5. The highest BCUT2D eigenvalue weighted by Crippen LogP contribution is 2.51. The van der Waals surface area contributed by atoms with Crippen molar-refractivity contribution in [1.82, 2.24) is 10.3 Å². The molecule has 0 unspecified atom stereocenters. The number of anilines is 1. The fourth-order valence-electron chi connectivity index (χ4n) is 4.61. The molecular weight excluding hydrogens is 573 g/mol. The number of carboxylic acids is 1. The first-order valence-corrected chi connectivity index (χ1v) is 12.9. The molecule has 1 saturated heterocycles. The average Bonchev–Trinajstić information content (AvgIpc) is 2.87. The van der Waals surface area contributed by atoms with Gasteiger partial charge in [0.1, 0.15) is 5.54 Å². The van der Waals surface area contributed by atoms with E-state index in [1.807, 2.05) is 0 Å². The Bertz CT molecular complexity index is 1220. The number of aliphatic carboxylic acids is 1. The number of ether oxygens (including phenoxy) is 1. The summed E-state index contributed by atoms with van der Waals surface area (Å²) >= 11 is 15.5. The number of carbonyl (C=O) groups excluding carboxylic acids is 2. The highest BCUT2D eigenvalue weighted by Gasteiger charge is 2.56. The van der Waals surface area contributed by atoms with Crippen molar-refractivity contribution in [3.05, 3.63) is 68.0 Å². The Morgan fingerprint density at radius 1 is 1.17 bits per heavy atom. The van der Waals surface area contributed by atoms with Gasteiger partial charge in [-0.15, -0.1) is 0 Å². The lowest BCUT2D eigenvalue weighted by Crippen LogP contribution is -2.60. The fraction of sp³-hybridized carbons (Fsp3) is 0.360. The highest BCUT2D eigenvalue weighted by molar-refractivity contribution is 9.12. The molecule has 11 heteroatoms. The number of pyridine rings is 1. The number of nitrogens with zero attached hydrogens (tertiary/aromatic N) is 1. The number of rotatable bonds is 8. The van der Waals surface area contributed by atoms with E-state index in [0.29, 0.717) is 41.9 Å². The number of carbonyl (C=O) groups is 3. The SMILES string of the molecule is CC[C@@](Cc1ccc(NC(=O)c2c(Cl)cncc2Cl)cc1)(NC1=C(Br)C(=O)C12CCOCC2)C(=O)O. The van der Waals surface area contributed by atoms with Gasteiger partial charge in [0.15, 0.2) is 5.78 Å². The molecule has 2 heterocycles. The van der Waals surface area contributed by atoms with E-state index < -0.39 is 22.8 Å². The van der Waals surface area contributed by atoms with Crippen LogP contribution in [0.15, 0.2) is 46.8 Å². The van der Waals surface area contributed by atoms with Gasteiger partial charge < -0.3 is 20.5 Å². The quantitative estimate of drug-likeness (QED) is 0.393. The maximum Gasteiger partial charge on any atom is 0.329 e. The molecule has 1 amide bonds. The van der Waals surface area contributed by atoms with Crippen molar-refractivity contribution in [2.75, 3.05) is 18.5 Å². The minimum atomic E-state index is -1.33. The van der Waals surface area contributed by atoms with E-state index in [9.17, 15) is 19.5 Å². The van der Waals surface area contributed by atoms with Crippen LogP contribution in [0.5, 0.6) is 0 Å². The van der Waals surface area contributed by atoms with E-state index in [-0.39, 0.29) is 34.2 Å². The van der Waals surface area contributed by atoms with Crippen molar-refractivity contribution in [3.8, 4) is 0 Å². The number of carboxylic acid groups (broad SMARTS) is 1. The second kappa shape index (κ2) is 10.5. The summed E-state index contributed by atoms with van der Waals surface area (Å²) in [5.74, 6) is -1.51. The maximum absolute atomic E-state index is 12.7. The molecule has 1 aliphatic heterocycles. The summed E-state index contributed by atoms with van der Waals surface area (Å²) in [5, 5.41) is 16.5. The lowest BCUT2D eigenvalue weighted by Gasteiger charge is -2.48. The summed E-state index contributed by atoms with van der Waals surface area (Å²) in [7, 11) is 0. The molecule has 2 aromatic rings. The molecule has 1 spiro atoms. The maximum atomic E-state index is 12.7. The first-order chi connectivity index (χ1) is 17.1. The van der Waals surface area contributed by atoms with E-state index in [0.717, 1.165) is 5.56 Å². The number of benzene rings is 1. The standard InChI is InChI=1S/C25H24BrCl2N3O5/c1-2-25(23(34)35,31-20-19(26)21(32)24(20)7-9-36-10-8-24)11-14-3-5-15(6-4-14)30-22(33)18-16(27)12-29-13-17(18)28/h3-6,12-13,31H,2,7-11H2,1H3,(H,30,33)(H,34,35)/t25-/m0/s1. The van der Waals surface area contributed by atoms with Gasteiger partial charge in [-0.3, -0.25) is 14.6 Å². The third kappa shape index (κ3) is 4.77. The molecule has 1 aromatic carbocycles. The van der Waals surface area contributed by atoms with Gasteiger partial charge in [0.25, 0.3) is 5.91 Å². The van der Waals surface area contributed by atoms with Crippen molar-refractivity contribution in [2.24, 2.45) is 5.41 Å². The number of amides is 1. The largest absolute Gasteiger partial charge is 0.479 e. The molecule has 36 heavy (non-hydrogen) atoms. The molecule has 3 N–H and O–H groups in total. The predicted molar refractivity (Wildman–Crippen MR) is 140 cm³/mol.